The van der Waals surface area contributed by atoms with Gasteiger partial charge in [0.25, 0.3) is 0 Å². The van der Waals surface area contributed by atoms with Crippen LogP contribution in [0.1, 0.15) is 44.2 Å². The summed E-state index contributed by atoms with van der Waals surface area (Å²) >= 11 is 0. The van der Waals surface area contributed by atoms with Gasteiger partial charge in [-0.3, -0.25) is 0 Å². The lowest BCUT2D eigenvalue weighted by Gasteiger charge is -2.18. The van der Waals surface area contributed by atoms with Crippen molar-refractivity contribution in [2.75, 3.05) is 26.3 Å². The summed E-state index contributed by atoms with van der Waals surface area (Å²) in [4.78, 5) is 4.56. The summed E-state index contributed by atoms with van der Waals surface area (Å²) in [6, 6.07) is 5.15. The molecular formula is C20H32F2IN3O2. The molecule has 0 heterocycles. The maximum atomic E-state index is 12.6. The van der Waals surface area contributed by atoms with Gasteiger partial charge in [0, 0.05) is 31.9 Å². The van der Waals surface area contributed by atoms with E-state index in [0.29, 0.717) is 16.9 Å². The van der Waals surface area contributed by atoms with Gasteiger partial charge in [-0.25, -0.2) is 4.99 Å². The Morgan fingerprint density at radius 3 is 2.61 bits per heavy atom. The molecule has 1 aromatic rings. The number of alkyl halides is 2. The number of guanidine groups is 1. The van der Waals surface area contributed by atoms with Gasteiger partial charge in [0.05, 0.1) is 6.54 Å². The molecule has 5 nitrogen and oxygen atoms in total. The van der Waals surface area contributed by atoms with E-state index in [1.54, 1.807) is 12.1 Å². The minimum atomic E-state index is -2.85. The quantitative estimate of drug-likeness (QED) is 0.199. The van der Waals surface area contributed by atoms with Gasteiger partial charge in [-0.15, -0.1) is 24.0 Å². The normalized spacial score (nSPS) is 15.1. The first-order valence-electron chi connectivity index (χ1n) is 9.62. The highest BCUT2D eigenvalue weighted by molar-refractivity contribution is 14.0. The van der Waals surface area contributed by atoms with Crippen LogP contribution in [0.2, 0.25) is 0 Å². The van der Waals surface area contributed by atoms with Crippen LogP contribution >= 0.6 is 24.0 Å². The Labute approximate surface area is 183 Å². The molecule has 1 saturated carbocycles. The van der Waals surface area contributed by atoms with Gasteiger partial charge in [0.1, 0.15) is 5.75 Å². The molecule has 0 radical (unpaired) electrons. The van der Waals surface area contributed by atoms with E-state index in [1.165, 1.54) is 12.8 Å². The van der Waals surface area contributed by atoms with Crippen molar-refractivity contribution in [1.29, 1.82) is 0 Å². The summed E-state index contributed by atoms with van der Waals surface area (Å²) in [5.74, 6) is 0.857. The molecule has 0 saturated heterocycles. The van der Waals surface area contributed by atoms with Crippen LogP contribution in [-0.2, 0) is 11.3 Å². The smallest absolute Gasteiger partial charge is 0.387 e. The van der Waals surface area contributed by atoms with Crippen LogP contribution in [0.5, 0.6) is 5.75 Å². The maximum Gasteiger partial charge on any atom is 0.387 e. The molecule has 2 N–H and O–H groups in total. The number of halogens is 3. The average molecular weight is 511 g/mol. The Balaban J connectivity index is 0.00000392. The summed E-state index contributed by atoms with van der Waals surface area (Å²) in [7, 11) is 0. The zero-order valence-electron chi connectivity index (χ0n) is 16.9. The Bertz CT molecular complexity index is 625. The first kappa shape index (κ1) is 24.9. The third-order valence-corrected chi connectivity index (χ3v) is 4.75. The fraction of sp³-hybridized carbons (Fsp3) is 0.650. The summed E-state index contributed by atoms with van der Waals surface area (Å²) in [6.45, 7) is 6.43. The molecule has 1 fully saturated rings. The van der Waals surface area contributed by atoms with Gasteiger partial charge in [0.15, 0.2) is 5.96 Å². The van der Waals surface area contributed by atoms with Crippen molar-refractivity contribution in [1.82, 2.24) is 10.6 Å². The maximum absolute atomic E-state index is 12.6. The zero-order chi connectivity index (χ0) is 19.7. The number of aryl methyl sites for hydroxylation is 1. The largest absolute Gasteiger partial charge is 0.434 e. The Morgan fingerprint density at radius 1 is 1.25 bits per heavy atom. The van der Waals surface area contributed by atoms with Crippen molar-refractivity contribution in [3.8, 4) is 5.75 Å². The Hall–Kier alpha value is -1.16. The molecule has 1 aliphatic rings. The fourth-order valence-electron chi connectivity index (χ4n) is 2.94. The summed E-state index contributed by atoms with van der Waals surface area (Å²) in [6.07, 6.45) is 3.42. The topological polar surface area (TPSA) is 54.9 Å². The van der Waals surface area contributed by atoms with Crippen LogP contribution in [0.3, 0.4) is 0 Å². The predicted molar refractivity (Wildman–Crippen MR) is 119 cm³/mol. The molecule has 1 aromatic carbocycles. The van der Waals surface area contributed by atoms with Crippen molar-refractivity contribution in [3.63, 3.8) is 0 Å². The number of nitrogens with one attached hydrogen (secondary N) is 2. The second kappa shape index (κ2) is 12.4. The van der Waals surface area contributed by atoms with Crippen molar-refractivity contribution in [3.05, 3.63) is 29.3 Å². The minimum Gasteiger partial charge on any atom is -0.434 e. The van der Waals surface area contributed by atoms with Gasteiger partial charge in [0.2, 0.25) is 0 Å². The van der Waals surface area contributed by atoms with Crippen molar-refractivity contribution >= 4 is 29.9 Å². The first-order valence-corrected chi connectivity index (χ1v) is 9.62. The number of benzene rings is 1. The molecule has 28 heavy (non-hydrogen) atoms. The van der Waals surface area contributed by atoms with Crippen LogP contribution < -0.4 is 15.4 Å². The van der Waals surface area contributed by atoms with Gasteiger partial charge < -0.3 is 20.1 Å². The van der Waals surface area contributed by atoms with Crippen molar-refractivity contribution in [2.24, 2.45) is 10.4 Å². The number of hydrogen-bond acceptors (Lipinski definition) is 3. The van der Waals surface area contributed by atoms with Gasteiger partial charge >= 0.3 is 6.61 Å². The fourth-order valence-corrected chi connectivity index (χ4v) is 2.94. The lowest BCUT2D eigenvalue weighted by atomic mass is 10.0. The zero-order valence-corrected chi connectivity index (χ0v) is 19.2. The van der Waals surface area contributed by atoms with E-state index in [2.05, 4.69) is 20.4 Å². The molecule has 8 heteroatoms. The molecule has 160 valence electrons. The third-order valence-electron chi connectivity index (χ3n) is 4.75. The van der Waals surface area contributed by atoms with E-state index in [-0.39, 0.29) is 36.3 Å². The second-order valence-corrected chi connectivity index (χ2v) is 6.99. The van der Waals surface area contributed by atoms with Crippen LogP contribution in [0.15, 0.2) is 23.2 Å². The van der Waals surface area contributed by atoms with Crippen molar-refractivity contribution < 1.29 is 18.3 Å². The van der Waals surface area contributed by atoms with Crippen molar-refractivity contribution in [2.45, 2.75) is 53.2 Å². The van der Waals surface area contributed by atoms with Crippen LogP contribution in [0.25, 0.3) is 0 Å². The highest BCUT2D eigenvalue weighted by Crippen LogP contribution is 2.48. The van der Waals surface area contributed by atoms with Crippen LogP contribution in [0.4, 0.5) is 8.78 Å². The third kappa shape index (κ3) is 8.46. The number of rotatable bonds is 11. The first-order chi connectivity index (χ1) is 13.0. The molecule has 0 bridgehead atoms. The SMILES string of the molecule is CCNC(=NCc1cc(C)ccc1OC(F)F)NCC1(CCOCC)CC1.I. The Kier molecular flexibility index (Phi) is 11.0. The Morgan fingerprint density at radius 2 is 2.00 bits per heavy atom. The number of hydrogen-bond donors (Lipinski definition) is 2. The molecule has 0 atom stereocenters. The van der Waals surface area contributed by atoms with E-state index in [1.807, 2.05) is 26.8 Å². The molecule has 0 unspecified atom stereocenters. The molecule has 1 aliphatic carbocycles. The summed E-state index contributed by atoms with van der Waals surface area (Å²) < 4.78 is 35.3. The molecular weight excluding hydrogens is 479 g/mol. The average Bonchev–Trinajstić information content (AvgIpc) is 3.39. The van der Waals surface area contributed by atoms with Crippen LogP contribution in [-0.4, -0.2) is 38.9 Å². The van der Waals surface area contributed by atoms with E-state index in [4.69, 9.17) is 4.74 Å². The highest BCUT2D eigenvalue weighted by Gasteiger charge is 2.41. The lowest BCUT2D eigenvalue weighted by molar-refractivity contribution is -0.0504. The van der Waals surface area contributed by atoms with E-state index in [0.717, 1.165) is 38.3 Å². The predicted octanol–water partition coefficient (Wildman–Crippen LogP) is 4.48. The monoisotopic (exact) mass is 511 g/mol. The number of nitrogens with zero attached hydrogens (tertiary/aromatic N) is 1. The summed E-state index contributed by atoms with van der Waals surface area (Å²) in [5, 5.41) is 6.60. The lowest BCUT2D eigenvalue weighted by Crippen LogP contribution is -2.40. The minimum absolute atomic E-state index is 0. The molecule has 0 aliphatic heterocycles. The highest BCUT2D eigenvalue weighted by atomic mass is 127. The molecule has 2 rings (SSSR count). The van der Waals surface area contributed by atoms with Gasteiger partial charge in [-0.05, 0) is 51.5 Å². The molecule has 0 aromatic heterocycles. The number of aliphatic imine (C=N–C) groups is 1. The van der Waals surface area contributed by atoms with Gasteiger partial charge in [-0.1, -0.05) is 17.7 Å². The van der Waals surface area contributed by atoms with Gasteiger partial charge in [-0.2, -0.15) is 8.78 Å². The standard InChI is InChI=1S/C20H31F2N3O2.HI/c1-4-23-19(25-14-20(8-9-20)10-11-26-5-2)24-13-16-12-15(3)6-7-17(16)27-18(21)22;/h6-7,12,18H,4-5,8-11,13-14H2,1-3H3,(H2,23,24,25);1H. The molecule has 0 spiro atoms. The van der Waals surface area contributed by atoms with E-state index >= 15 is 0 Å². The van der Waals surface area contributed by atoms with E-state index in [9.17, 15) is 8.78 Å². The summed E-state index contributed by atoms with van der Waals surface area (Å²) in [5.41, 5.74) is 1.91. The second-order valence-electron chi connectivity index (χ2n) is 6.99. The van der Waals surface area contributed by atoms with Crippen LogP contribution in [0, 0.1) is 12.3 Å². The van der Waals surface area contributed by atoms with E-state index < -0.39 is 6.61 Å². The number of ether oxygens (including phenoxy) is 2. The molecule has 0 amide bonds.